The Bertz CT molecular complexity index is 1320. The molecule has 0 spiro atoms. The molecule has 2 atom stereocenters. The van der Waals surface area contributed by atoms with Crippen LogP contribution in [0.1, 0.15) is 328 Å². The average molecular weight is 1080 g/mol. The Morgan fingerprint density at radius 1 is 0.413 bits per heavy atom. The number of hydrogen-bond donors (Lipinski definition) is 1. The molecule has 444 valence electrons. The van der Waals surface area contributed by atoms with E-state index in [1.165, 1.54) is 250 Å². The molecule has 0 aromatic carbocycles. The number of hydrogen-bond acceptors (Lipinski definition) is 7. The zero-order chi connectivity index (χ0) is 54.9. The lowest BCUT2D eigenvalue weighted by atomic mass is 10.0. The first kappa shape index (κ1) is 73.5. The van der Waals surface area contributed by atoms with E-state index in [0.717, 1.165) is 44.9 Å². The molecule has 0 aliphatic carbocycles. The Morgan fingerprint density at radius 3 is 1.05 bits per heavy atom. The summed E-state index contributed by atoms with van der Waals surface area (Å²) in [6.45, 7) is 4.48. The van der Waals surface area contributed by atoms with Gasteiger partial charge in [0.1, 0.15) is 19.8 Å². The summed E-state index contributed by atoms with van der Waals surface area (Å²) in [4.78, 5) is 35.8. The largest absolute Gasteiger partial charge is 0.472 e. The Hall–Kier alpha value is -1.51. The molecule has 0 saturated carbocycles. The molecule has 0 aromatic rings. The number of nitrogens with zero attached hydrogens (tertiary/aromatic N) is 1. The SMILES string of the molecule is CCCCCCC/C=C\C/C=C\CCCCCCCCCCCC(=O)OC(COC(=O)CCCCCCCCCCCCCCCCCCCCCCCCCCCCCCCC)COP(=O)(O)OCC[N+](C)(C)C. The Morgan fingerprint density at radius 2 is 0.720 bits per heavy atom. The van der Waals surface area contributed by atoms with Gasteiger partial charge in [-0.3, -0.25) is 18.6 Å². The summed E-state index contributed by atoms with van der Waals surface area (Å²) in [5.74, 6) is -0.784. The van der Waals surface area contributed by atoms with E-state index >= 15 is 0 Å². The molecular formula is C65H127NO8P+. The molecule has 0 rings (SSSR count). The van der Waals surface area contributed by atoms with Crippen LogP contribution in [0.15, 0.2) is 24.3 Å². The predicted octanol–water partition coefficient (Wildman–Crippen LogP) is 20.5. The highest BCUT2D eigenvalue weighted by Crippen LogP contribution is 2.43. The third-order valence-electron chi connectivity index (χ3n) is 14.7. The van der Waals surface area contributed by atoms with Gasteiger partial charge in [-0.2, -0.15) is 0 Å². The molecule has 0 fully saturated rings. The van der Waals surface area contributed by atoms with Crippen LogP contribution in [0.25, 0.3) is 0 Å². The minimum Gasteiger partial charge on any atom is -0.462 e. The maximum atomic E-state index is 12.8. The number of ether oxygens (including phenoxy) is 2. The quantitative estimate of drug-likeness (QED) is 0.0211. The monoisotopic (exact) mass is 1080 g/mol. The van der Waals surface area contributed by atoms with Gasteiger partial charge in [0, 0.05) is 12.8 Å². The van der Waals surface area contributed by atoms with Gasteiger partial charge in [0.05, 0.1) is 27.7 Å². The molecule has 2 unspecified atom stereocenters. The fraction of sp³-hybridized carbons (Fsp3) is 0.908. The van der Waals surface area contributed by atoms with Crippen LogP contribution in [0.2, 0.25) is 0 Å². The number of rotatable bonds is 61. The summed E-state index contributed by atoms with van der Waals surface area (Å²) >= 11 is 0. The number of carbonyl (C=O) groups is 2. The van der Waals surface area contributed by atoms with Gasteiger partial charge in [0.15, 0.2) is 6.10 Å². The number of phosphoric ester groups is 1. The van der Waals surface area contributed by atoms with Gasteiger partial charge in [0.25, 0.3) is 0 Å². The summed E-state index contributed by atoms with van der Waals surface area (Å²) in [6, 6.07) is 0. The van der Waals surface area contributed by atoms with E-state index in [9.17, 15) is 19.0 Å². The summed E-state index contributed by atoms with van der Waals surface area (Å²) in [6.07, 6.45) is 69.9. The molecule has 0 bridgehead atoms. The Kier molecular flexibility index (Phi) is 56.0. The second kappa shape index (κ2) is 57.2. The van der Waals surface area contributed by atoms with E-state index < -0.39 is 26.5 Å². The van der Waals surface area contributed by atoms with Crippen molar-refractivity contribution in [3.8, 4) is 0 Å². The first-order valence-corrected chi connectivity index (χ1v) is 34.1. The second-order valence-corrected chi connectivity index (χ2v) is 25.0. The van der Waals surface area contributed by atoms with Crippen molar-refractivity contribution in [1.29, 1.82) is 0 Å². The van der Waals surface area contributed by atoms with Gasteiger partial charge < -0.3 is 18.9 Å². The van der Waals surface area contributed by atoms with Crippen molar-refractivity contribution in [1.82, 2.24) is 0 Å². The fourth-order valence-electron chi connectivity index (χ4n) is 9.70. The van der Waals surface area contributed by atoms with E-state index in [2.05, 4.69) is 38.2 Å². The third-order valence-corrected chi connectivity index (χ3v) is 15.7. The molecule has 0 amide bonds. The molecule has 0 aliphatic rings. The Labute approximate surface area is 466 Å². The lowest BCUT2D eigenvalue weighted by Crippen LogP contribution is -2.37. The predicted molar refractivity (Wildman–Crippen MR) is 321 cm³/mol. The maximum absolute atomic E-state index is 12.8. The molecule has 1 N–H and O–H groups in total. The molecule has 10 heteroatoms. The number of esters is 2. The van der Waals surface area contributed by atoms with Crippen molar-refractivity contribution in [3.05, 3.63) is 24.3 Å². The van der Waals surface area contributed by atoms with Crippen molar-refractivity contribution < 1.29 is 42.1 Å². The van der Waals surface area contributed by atoms with Crippen LogP contribution in [0, 0.1) is 0 Å². The van der Waals surface area contributed by atoms with E-state index in [0.29, 0.717) is 23.9 Å². The van der Waals surface area contributed by atoms with Gasteiger partial charge in [-0.15, -0.1) is 0 Å². The van der Waals surface area contributed by atoms with Crippen molar-refractivity contribution >= 4 is 19.8 Å². The highest BCUT2D eigenvalue weighted by Gasteiger charge is 2.27. The molecule has 75 heavy (non-hydrogen) atoms. The van der Waals surface area contributed by atoms with Crippen LogP contribution in [0.4, 0.5) is 0 Å². The van der Waals surface area contributed by atoms with Crippen molar-refractivity contribution in [2.24, 2.45) is 0 Å². The minimum absolute atomic E-state index is 0.0334. The van der Waals surface area contributed by atoms with E-state index in [1.54, 1.807) is 0 Å². The number of unbranched alkanes of at least 4 members (excludes halogenated alkanes) is 43. The molecule has 0 radical (unpaired) electrons. The van der Waals surface area contributed by atoms with Crippen molar-refractivity contribution in [2.45, 2.75) is 335 Å². The van der Waals surface area contributed by atoms with Gasteiger partial charge in [-0.05, 0) is 44.9 Å². The summed E-state index contributed by atoms with van der Waals surface area (Å²) in [5.41, 5.74) is 0. The van der Waals surface area contributed by atoms with Gasteiger partial charge in [-0.25, -0.2) is 4.57 Å². The van der Waals surface area contributed by atoms with Crippen LogP contribution < -0.4 is 0 Å². The van der Waals surface area contributed by atoms with Crippen LogP contribution in [0.5, 0.6) is 0 Å². The zero-order valence-electron chi connectivity index (χ0n) is 50.6. The van der Waals surface area contributed by atoms with Gasteiger partial charge in [0.2, 0.25) is 0 Å². The number of allylic oxidation sites excluding steroid dienone is 4. The fourth-order valence-corrected chi connectivity index (χ4v) is 10.4. The van der Waals surface area contributed by atoms with Gasteiger partial charge in [-0.1, -0.05) is 295 Å². The maximum Gasteiger partial charge on any atom is 0.472 e. The molecule has 0 saturated heterocycles. The molecule has 9 nitrogen and oxygen atoms in total. The van der Waals surface area contributed by atoms with Crippen molar-refractivity contribution in [3.63, 3.8) is 0 Å². The second-order valence-electron chi connectivity index (χ2n) is 23.5. The summed E-state index contributed by atoms with van der Waals surface area (Å²) in [5, 5.41) is 0. The van der Waals surface area contributed by atoms with Gasteiger partial charge >= 0.3 is 19.8 Å². The smallest absolute Gasteiger partial charge is 0.462 e. The molecular weight excluding hydrogens is 954 g/mol. The normalized spacial score (nSPS) is 13.3. The molecule has 0 aromatic heterocycles. The van der Waals surface area contributed by atoms with E-state index in [-0.39, 0.29) is 25.6 Å². The topological polar surface area (TPSA) is 108 Å². The van der Waals surface area contributed by atoms with Crippen LogP contribution in [0.3, 0.4) is 0 Å². The Balaban J connectivity index is 4.02. The molecule has 0 heterocycles. The summed E-state index contributed by atoms with van der Waals surface area (Å²) in [7, 11) is 1.49. The standard InChI is InChI=1S/C65H126NO8P/c1-6-8-10-12-14-16-18-20-22-24-26-28-29-30-31-32-33-34-35-36-38-39-41-43-45-47-49-51-53-55-57-64(67)71-61-63(62-73-75(69,70)72-60-59-66(3,4)5)74-65(68)58-56-54-52-50-48-46-44-42-40-37-27-25-23-21-19-17-15-13-11-9-7-2/h19,21,25,27,63H,6-18,20,22-24,26,28-62H2,1-5H3/p+1/b21-19-,27-25-. The lowest BCUT2D eigenvalue weighted by molar-refractivity contribution is -0.870. The number of carbonyl (C=O) groups excluding carboxylic acids is 2. The highest BCUT2D eigenvalue weighted by atomic mass is 31.2. The van der Waals surface area contributed by atoms with Crippen LogP contribution in [-0.2, 0) is 32.7 Å². The average Bonchev–Trinajstić information content (AvgIpc) is 3.37. The zero-order valence-corrected chi connectivity index (χ0v) is 51.5. The number of likely N-dealkylation sites (N-methyl/N-ethyl adjacent to an activating group) is 1. The number of quaternary nitrogens is 1. The molecule has 0 aliphatic heterocycles. The van der Waals surface area contributed by atoms with E-state index in [1.807, 2.05) is 21.1 Å². The van der Waals surface area contributed by atoms with E-state index in [4.69, 9.17) is 18.5 Å². The first-order valence-electron chi connectivity index (χ1n) is 32.6. The van der Waals surface area contributed by atoms with Crippen LogP contribution in [-0.4, -0.2) is 74.9 Å². The highest BCUT2D eigenvalue weighted by molar-refractivity contribution is 7.47. The van der Waals surface area contributed by atoms with Crippen molar-refractivity contribution in [2.75, 3.05) is 47.5 Å². The minimum atomic E-state index is -4.39. The number of phosphoric acid groups is 1. The third kappa shape index (κ3) is 61.6. The summed E-state index contributed by atoms with van der Waals surface area (Å²) < 4.78 is 34.7. The lowest BCUT2D eigenvalue weighted by Gasteiger charge is -2.24. The first-order chi connectivity index (χ1) is 36.5. The van der Waals surface area contributed by atoms with Crippen LogP contribution >= 0.6 is 7.82 Å².